The molecule has 4 aliphatic rings. The van der Waals surface area contributed by atoms with Crippen molar-refractivity contribution in [2.24, 2.45) is 23.7 Å². The van der Waals surface area contributed by atoms with Crippen molar-refractivity contribution in [2.75, 3.05) is 0 Å². The summed E-state index contributed by atoms with van der Waals surface area (Å²) in [6.45, 7) is 4.43. The normalized spacial score (nSPS) is 44.1. The molecular formula is C22H29O3S-. The molecule has 0 aromatic heterocycles. The monoisotopic (exact) mass is 373 g/mol. The first kappa shape index (κ1) is 17.2. The molecule has 0 radical (unpaired) electrons. The van der Waals surface area contributed by atoms with E-state index in [4.69, 9.17) is 0 Å². The maximum atomic E-state index is 12.5. The number of rotatable bonds is 3. The molecule has 26 heavy (non-hydrogen) atoms. The molecule has 4 saturated carbocycles. The van der Waals surface area contributed by atoms with Gasteiger partial charge in [0, 0.05) is 0 Å². The van der Waals surface area contributed by atoms with Gasteiger partial charge in [-0.25, -0.2) is 8.42 Å². The van der Waals surface area contributed by atoms with Crippen LogP contribution in [-0.2, 0) is 20.9 Å². The molecule has 4 fully saturated rings. The van der Waals surface area contributed by atoms with Gasteiger partial charge in [-0.05, 0) is 84.2 Å². The molecule has 5 rings (SSSR count). The fraction of sp³-hybridized carbons (Fsp3) is 0.727. The van der Waals surface area contributed by atoms with E-state index < -0.39 is 10.1 Å². The zero-order valence-electron chi connectivity index (χ0n) is 15.8. The molecule has 0 amide bonds. The van der Waals surface area contributed by atoms with E-state index in [0.717, 1.165) is 24.0 Å². The van der Waals surface area contributed by atoms with Crippen molar-refractivity contribution in [2.45, 2.75) is 80.9 Å². The Morgan fingerprint density at radius 1 is 0.885 bits per heavy atom. The Labute approximate surface area is 157 Å². The lowest BCUT2D eigenvalue weighted by molar-refractivity contribution is 0.273. The highest BCUT2D eigenvalue weighted by Gasteiger charge is 2.53. The maximum Gasteiger partial charge on any atom is 0.125 e. The van der Waals surface area contributed by atoms with E-state index in [9.17, 15) is 13.0 Å². The van der Waals surface area contributed by atoms with Crippen LogP contribution in [0.25, 0.3) is 0 Å². The Bertz CT molecular complexity index is 808. The van der Waals surface area contributed by atoms with Crippen LogP contribution in [0.1, 0.15) is 76.3 Å². The largest absolute Gasteiger partial charge is 0.744 e. The summed E-state index contributed by atoms with van der Waals surface area (Å²) >= 11 is 0. The van der Waals surface area contributed by atoms with Gasteiger partial charge >= 0.3 is 0 Å². The van der Waals surface area contributed by atoms with Crippen molar-refractivity contribution < 1.29 is 13.0 Å². The Morgan fingerprint density at radius 3 is 1.65 bits per heavy atom. The summed E-state index contributed by atoms with van der Waals surface area (Å²) < 4.78 is 37.6. The lowest BCUT2D eigenvalue weighted by atomic mass is 9.66. The van der Waals surface area contributed by atoms with Crippen molar-refractivity contribution in [3.05, 3.63) is 29.3 Å². The van der Waals surface area contributed by atoms with Gasteiger partial charge in [0.25, 0.3) is 0 Å². The molecule has 0 N–H and O–H groups in total. The summed E-state index contributed by atoms with van der Waals surface area (Å²) in [5.41, 5.74) is 1.36. The molecule has 1 aromatic carbocycles. The molecular weight excluding hydrogens is 344 g/mol. The van der Waals surface area contributed by atoms with Crippen LogP contribution in [-0.4, -0.2) is 13.0 Å². The molecule has 0 saturated heterocycles. The Balaban J connectivity index is 1.70. The molecule has 0 spiro atoms. The lowest BCUT2D eigenvalue weighted by Gasteiger charge is -2.41. The second-order valence-corrected chi connectivity index (χ2v) is 11.4. The average molecular weight is 374 g/mol. The summed E-state index contributed by atoms with van der Waals surface area (Å²) in [5.74, 6) is 2.45. The van der Waals surface area contributed by atoms with E-state index in [-0.39, 0.29) is 15.7 Å². The Kier molecular flexibility index (Phi) is 3.55. The van der Waals surface area contributed by atoms with E-state index in [1.807, 2.05) is 18.2 Å². The van der Waals surface area contributed by atoms with Crippen LogP contribution in [0.2, 0.25) is 0 Å². The molecule has 1 aromatic rings. The van der Waals surface area contributed by atoms with Crippen LogP contribution in [0, 0.1) is 23.7 Å². The first-order chi connectivity index (χ1) is 12.2. The van der Waals surface area contributed by atoms with Crippen LogP contribution in [0.15, 0.2) is 23.1 Å². The fourth-order valence-corrected chi connectivity index (χ4v) is 8.72. The fourth-order valence-electron chi connectivity index (χ4n) is 7.58. The minimum absolute atomic E-state index is 0.153. The molecule has 142 valence electrons. The summed E-state index contributed by atoms with van der Waals surface area (Å²) in [6, 6.07) is 5.92. The molecule has 0 heterocycles. The van der Waals surface area contributed by atoms with Crippen molar-refractivity contribution in [1.29, 1.82) is 0 Å². The van der Waals surface area contributed by atoms with Crippen LogP contribution in [0.3, 0.4) is 0 Å². The van der Waals surface area contributed by atoms with Gasteiger partial charge in [-0.2, -0.15) is 0 Å². The minimum Gasteiger partial charge on any atom is -0.744 e. The molecule has 4 aliphatic carbocycles. The van der Waals surface area contributed by atoms with E-state index in [1.54, 1.807) is 0 Å². The summed E-state index contributed by atoms with van der Waals surface area (Å²) in [6.07, 6.45) is 9.33. The van der Waals surface area contributed by atoms with Gasteiger partial charge < -0.3 is 4.55 Å². The van der Waals surface area contributed by atoms with Gasteiger partial charge in [-0.3, -0.25) is 0 Å². The van der Waals surface area contributed by atoms with Crippen molar-refractivity contribution in [1.82, 2.24) is 0 Å². The Morgan fingerprint density at radius 2 is 1.35 bits per heavy atom. The third kappa shape index (κ3) is 2.24. The molecule has 4 bridgehead atoms. The van der Waals surface area contributed by atoms with Crippen molar-refractivity contribution >= 4 is 10.1 Å². The van der Waals surface area contributed by atoms with Crippen molar-refractivity contribution in [3.8, 4) is 0 Å². The van der Waals surface area contributed by atoms with Gasteiger partial charge in [0.1, 0.15) is 10.1 Å². The SMILES string of the molecule is CC1(c2cccc(C3(C)CC4CCC3C4)c2S(=O)(=O)[O-])CC2CCC1C2. The predicted octanol–water partition coefficient (Wildman–Crippen LogP) is 4.75. The van der Waals surface area contributed by atoms with E-state index in [2.05, 4.69) is 13.8 Å². The average Bonchev–Trinajstić information content (AvgIpc) is 3.33. The summed E-state index contributed by atoms with van der Waals surface area (Å²) in [5, 5.41) is 0. The maximum absolute atomic E-state index is 12.5. The van der Waals surface area contributed by atoms with E-state index in [0.29, 0.717) is 23.7 Å². The number of fused-ring (bicyclic) bond motifs is 4. The van der Waals surface area contributed by atoms with E-state index >= 15 is 0 Å². The molecule has 0 aliphatic heterocycles. The lowest BCUT2D eigenvalue weighted by Crippen LogP contribution is -2.35. The van der Waals surface area contributed by atoms with Crippen LogP contribution in [0.4, 0.5) is 0 Å². The minimum atomic E-state index is -4.50. The third-order valence-corrected chi connectivity index (χ3v) is 9.75. The Hall–Kier alpha value is -0.870. The number of hydrogen-bond acceptors (Lipinski definition) is 3. The zero-order chi connectivity index (χ0) is 18.3. The van der Waals surface area contributed by atoms with E-state index in [1.165, 1.54) is 38.5 Å². The number of hydrogen-bond donors (Lipinski definition) is 0. The first-order valence-electron chi connectivity index (χ1n) is 10.3. The summed E-state index contributed by atoms with van der Waals surface area (Å²) in [7, 11) is -4.50. The molecule has 6 atom stereocenters. The van der Waals surface area contributed by atoms with Gasteiger partial charge in [0.2, 0.25) is 0 Å². The smallest absolute Gasteiger partial charge is 0.125 e. The van der Waals surface area contributed by atoms with Gasteiger partial charge in [0.15, 0.2) is 0 Å². The second kappa shape index (κ2) is 5.35. The van der Waals surface area contributed by atoms with Gasteiger partial charge in [-0.15, -0.1) is 0 Å². The molecule has 3 nitrogen and oxygen atoms in total. The highest BCUT2D eigenvalue weighted by atomic mass is 32.2. The van der Waals surface area contributed by atoms with Gasteiger partial charge in [-0.1, -0.05) is 44.9 Å². The zero-order valence-corrected chi connectivity index (χ0v) is 16.6. The number of benzene rings is 1. The molecule has 6 unspecified atom stereocenters. The first-order valence-corrected chi connectivity index (χ1v) is 11.7. The van der Waals surface area contributed by atoms with Gasteiger partial charge in [0.05, 0.1) is 4.90 Å². The van der Waals surface area contributed by atoms with Crippen LogP contribution < -0.4 is 0 Å². The molecule has 4 heteroatoms. The third-order valence-electron chi connectivity index (χ3n) is 8.81. The highest BCUT2D eigenvalue weighted by molar-refractivity contribution is 7.85. The van der Waals surface area contributed by atoms with Crippen molar-refractivity contribution in [3.63, 3.8) is 0 Å². The summed E-state index contributed by atoms with van der Waals surface area (Å²) in [4.78, 5) is 0.158. The standard InChI is InChI=1S/C22H30O3S/c1-21(12-14-6-8-16(21)10-14)18-4-3-5-19(20(18)26(23,24)25)22(2)13-15-7-9-17(22)11-15/h3-5,14-17H,6-13H2,1-2H3,(H,23,24,25)/p-1. The quantitative estimate of drug-likeness (QED) is 0.719. The van der Waals surface area contributed by atoms with Crippen LogP contribution >= 0.6 is 0 Å². The highest BCUT2D eigenvalue weighted by Crippen LogP contribution is 2.61. The van der Waals surface area contributed by atoms with Crippen LogP contribution in [0.5, 0.6) is 0 Å². The predicted molar refractivity (Wildman–Crippen MR) is 100 cm³/mol. The second-order valence-electron chi connectivity index (χ2n) is 10.1. The topological polar surface area (TPSA) is 57.2 Å².